The molecule has 0 aromatic carbocycles. The maximum Gasteiger partial charge on any atom is 0.322 e. The van der Waals surface area contributed by atoms with Gasteiger partial charge in [-0.05, 0) is 6.92 Å². The third kappa shape index (κ3) is 6.22. The smallest absolute Gasteiger partial charge is 0.322 e. The number of ether oxygens (including phenoxy) is 2. The Morgan fingerprint density at radius 2 is 1.82 bits per heavy atom. The van der Waals surface area contributed by atoms with Gasteiger partial charge in [0.25, 0.3) is 0 Å². The van der Waals surface area contributed by atoms with Crippen LogP contribution in [0, 0.1) is 0 Å². The molecule has 17 heavy (non-hydrogen) atoms. The van der Waals surface area contributed by atoms with Gasteiger partial charge in [0.2, 0.25) is 10.0 Å². The molecule has 0 aliphatic rings. The first-order valence-corrected chi connectivity index (χ1v) is 6.60. The van der Waals surface area contributed by atoms with Crippen molar-refractivity contribution in [1.82, 2.24) is 4.31 Å². The van der Waals surface area contributed by atoms with Crippen molar-refractivity contribution in [2.75, 3.05) is 33.1 Å². The monoisotopic (exact) mass is 267 g/mol. The number of rotatable bonds is 7. The molecule has 0 aliphatic carbocycles. The molecule has 0 saturated heterocycles. The third-order valence-corrected chi connectivity index (χ3v) is 3.67. The molecule has 0 saturated carbocycles. The fourth-order valence-corrected chi connectivity index (χ4v) is 1.92. The van der Waals surface area contributed by atoms with Crippen molar-refractivity contribution in [2.45, 2.75) is 13.3 Å². The fourth-order valence-electron chi connectivity index (χ4n) is 0.952. The summed E-state index contributed by atoms with van der Waals surface area (Å²) in [6.45, 7) is 1.68. The lowest BCUT2D eigenvalue weighted by Crippen LogP contribution is -2.34. The molecule has 0 radical (unpaired) electrons. The van der Waals surface area contributed by atoms with Gasteiger partial charge in [0.05, 0.1) is 20.1 Å². The number of carbonyl (C=O) groups is 2. The average Bonchev–Trinajstić information content (AvgIpc) is 2.24. The van der Waals surface area contributed by atoms with Crippen LogP contribution in [-0.2, 0) is 29.1 Å². The fraction of sp³-hybridized carbons (Fsp3) is 0.778. The van der Waals surface area contributed by atoms with E-state index in [1.165, 1.54) is 14.2 Å². The minimum absolute atomic E-state index is 0.0333. The molecular weight excluding hydrogens is 250 g/mol. The normalized spacial score (nSPS) is 11.3. The Balaban J connectivity index is 4.30. The lowest BCUT2D eigenvalue weighted by molar-refractivity contribution is -0.141. The van der Waals surface area contributed by atoms with Crippen molar-refractivity contribution < 1.29 is 27.5 Å². The van der Waals surface area contributed by atoms with E-state index in [1.807, 2.05) is 0 Å². The molecule has 0 bridgehead atoms. The predicted molar refractivity (Wildman–Crippen MR) is 59.7 cm³/mol. The molecule has 0 fully saturated rings. The predicted octanol–water partition coefficient (Wildman–Crippen LogP) is -0.626. The minimum atomic E-state index is -3.73. The number of esters is 2. The Bertz CT molecular complexity index is 364. The minimum Gasteiger partial charge on any atom is -0.469 e. The van der Waals surface area contributed by atoms with Crippen LogP contribution in [0.15, 0.2) is 0 Å². The summed E-state index contributed by atoms with van der Waals surface area (Å²) in [6, 6.07) is 0. The van der Waals surface area contributed by atoms with Crippen LogP contribution in [0.3, 0.4) is 0 Å². The van der Waals surface area contributed by atoms with E-state index in [1.54, 1.807) is 6.92 Å². The van der Waals surface area contributed by atoms with Crippen molar-refractivity contribution in [3.05, 3.63) is 0 Å². The molecule has 0 heterocycles. The highest BCUT2D eigenvalue weighted by Gasteiger charge is 2.23. The van der Waals surface area contributed by atoms with E-state index in [4.69, 9.17) is 0 Å². The number of hydrogen-bond acceptors (Lipinski definition) is 6. The second-order valence-electron chi connectivity index (χ2n) is 3.21. The van der Waals surface area contributed by atoms with E-state index in [2.05, 4.69) is 9.47 Å². The summed E-state index contributed by atoms with van der Waals surface area (Å²) in [5.74, 6) is -2.04. The number of hydrogen-bond donors (Lipinski definition) is 0. The molecule has 0 aromatic heterocycles. The Morgan fingerprint density at radius 3 is 2.29 bits per heavy atom. The van der Waals surface area contributed by atoms with E-state index in [9.17, 15) is 18.0 Å². The van der Waals surface area contributed by atoms with Crippen molar-refractivity contribution in [1.29, 1.82) is 0 Å². The lowest BCUT2D eigenvalue weighted by Gasteiger charge is -2.15. The second-order valence-corrected chi connectivity index (χ2v) is 5.28. The van der Waals surface area contributed by atoms with Crippen LogP contribution < -0.4 is 0 Å². The van der Waals surface area contributed by atoms with Crippen LogP contribution in [0.25, 0.3) is 0 Å². The largest absolute Gasteiger partial charge is 0.469 e. The van der Waals surface area contributed by atoms with Gasteiger partial charge in [-0.15, -0.1) is 0 Å². The SMILES string of the molecule is CCOC(=O)CS(=O)(=O)N(C)CCC(=O)OC. The molecule has 0 atom stereocenters. The Kier molecular flexibility index (Phi) is 6.74. The topological polar surface area (TPSA) is 90.0 Å². The first-order valence-electron chi connectivity index (χ1n) is 5.00. The highest BCUT2D eigenvalue weighted by molar-refractivity contribution is 7.89. The summed E-state index contributed by atoms with van der Waals surface area (Å²) in [5, 5.41) is 0. The van der Waals surface area contributed by atoms with E-state index in [-0.39, 0.29) is 19.6 Å². The van der Waals surface area contributed by atoms with Gasteiger partial charge in [-0.3, -0.25) is 9.59 Å². The maximum absolute atomic E-state index is 11.6. The van der Waals surface area contributed by atoms with Crippen molar-refractivity contribution in [3.63, 3.8) is 0 Å². The molecule has 0 N–H and O–H groups in total. The first kappa shape index (κ1) is 15.9. The summed E-state index contributed by atoms with van der Waals surface area (Å²) in [7, 11) is -1.23. The van der Waals surface area contributed by atoms with E-state index in [0.29, 0.717) is 0 Å². The van der Waals surface area contributed by atoms with Gasteiger partial charge >= 0.3 is 11.9 Å². The zero-order valence-corrected chi connectivity index (χ0v) is 10.9. The standard InChI is InChI=1S/C9H17NO6S/c1-4-16-9(12)7-17(13,14)10(2)6-5-8(11)15-3/h4-7H2,1-3H3. The summed E-state index contributed by atoms with van der Waals surface area (Å²) in [6.07, 6.45) is -0.0605. The van der Waals surface area contributed by atoms with Crippen LogP contribution in [0.2, 0.25) is 0 Å². The zero-order valence-electron chi connectivity index (χ0n) is 10.1. The molecule has 0 aliphatic heterocycles. The molecule has 0 aromatic rings. The van der Waals surface area contributed by atoms with Gasteiger partial charge in [-0.25, -0.2) is 12.7 Å². The molecule has 0 amide bonds. The van der Waals surface area contributed by atoms with Gasteiger partial charge in [0.15, 0.2) is 5.75 Å². The maximum atomic E-state index is 11.6. The Morgan fingerprint density at radius 1 is 1.24 bits per heavy atom. The summed E-state index contributed by atoms with van der Waals surface area (Å²) >= 11 is 0. The van der Waals surface area contributed by atoms with Crippen LogP contribution >= 0.6 is 0 Å². The molecule has 0 rings (SSSR count). The second kappa shape index (κ2) is 7.23. The van der Waals surface area contributed by atoms with Crippen LogP contribution in [-0.4, -0.2) is 57.7 Å². The zero-order chi connectivity index (χ0) is 13.5. The highest BCUT2D eigenvalue weighted by atomic mass is 32.2. The Labute approximate surface area is 101 Å². The lowest BCUT2D eigenvalue weighted by atomic mass is 10.4. The summed E-state index contributed by atoms with van der Waals surface area (Å²) in [4.78, 5) is 21.9. The first-order chi connectivity index (χ1) is 7.83. The summed E-state index contributed by atoms with van der Waals surface area (Å²) < 4.78 is 33.0. The van der Waals surface area contributed by atoms with Crippen molar-refractivity contribution in [2.24, 2.45) is 0 Å². The third-order valence-electron chi connectivity index (χ3n) is 1.94. The number of methoxy groups -OCH3 is 1. The van der Waals surface area contributed by atoms with Gasteiger partial charge in [-0.2, -0.15) is 0 Å². The van der Waals surface area contributed by atoms with E-state index >= 15 is 0 Å². The Hall–Kier alpha value is -1.15. The van der Waals surface area contributed by atoms with E-state index in [0.717, 1.165) is 4.31 Å². The van der Waals surface area contributed by atoms with Gasteiger partial charge in [-0.1, -0.05) is 0 Å². The molecule has 7 nitrogen and oxygen atoms in total. The number of sulfonamides is 1. The molecular formula is C9H17NO6S. The van der Waals surface area contributed by atoms with Crippen molar-refractivity contribution in [3.8, 4) is 0 Å². The quantitative estimate of drug-likeness (QED) is 0.571. The molecule has 0 spiro atoms. The van der Waals surface area contributed by atoms with Crippen LogP contribution in [0.4, 0.5) is 0 Å². The molecule has 0 unspecified atom stereocenters. The molecule has 100 valence electrons. The van der Waals surface area contributed by atoms with Crippen molar-refractivity contribution >= 4 is 22.0 Å². The van der Waals surface area contributed by atoms with Crippen LogP contribution in [0.5, 0.6) is 0 Å². The number of carbonyl (C=O) groups excluding carboxylic acids is 2. The van der Waals surface area contributed by atoms with Gasteiger partial charge < -0.3 is 9.47 Å². The summed E-state index contributed by atoms with van der Waals surface area (Å²) in [5.41, 5.74) is 0. The highest BCUT2D eigenvalue weighted by Crippen LogP contribution is 2.01. The average molecular weight is 267 g/mol. The van der Waals surface area contributed by atoms with Gasteiger partial charge in [0.1, 0.15) is 0 Å². The number of nitrogens with zero attached hydrogens (tertiary/aromatic N) is 1. The van der Waals surface area contributed by atoms with Crippen LogP contribution in [0.1, 0.15) is 13.3 Å². The molecule has 8 heteroatoms. The van der Waals surface area contributed by atoms with Gasteiger partial charge in [0, 0.05) is 13.6 Å². The van der Waals surface area contributed by atoms with E-state index < -0.39 is 27.7 Å².